The van der Waals surface area contributed by atoms with Crippen LogP contribution in [0, 0.1) is 0 Å². The molecule has 0 radical (unpaired) electrons. The Kier molecular flexibility index (Phi) is 6.85. The molecule has 0 spiro atoms. The number of Topliss-reactive ketones (excluding diaryl/α,β-unsaturated/α-hetero) is 1. The summed E-state index contributed by atoms with van der Waals surface area (Å²) in [6.07, 6.45) is 0. The number of para-hydroxylation sites is 1. The third kappa shape index (κ3) is 5.30. The number of ketones is 1. The highest BCUT2D eigenvalue weighted by Crippen LogP contribution is 2.30. The van der Waals surface area contributed by atoms with Crippen LogP contribution in [0.2, 0.25) is 0 Å². The lowest BCUT2D eigenvalue weighted by molar-refractivity contribution is -0.114. The predicted molar refractivity (Wildman–Crippen MR) is 129 cm³/mol. The Hall–Kier alpha value is -3.91. The van der Waals surface area contributed by atoms with Crippen molar-refractivity contribution < 1.29 is 14.3 Å². The van der Waals surface area contributed by atoms with Gasteiger partial charge in [0.2, 0.25) is 5.91 Å². The van der Waals surface area contributed by atoms with Gasteiger partial charge in [0.05, 0.1) is 12.9 Å². The molecule has 4 rings (SSSR count). The Labute approximate surface area is 195 Å². The van der Waals surface area contributed by atoms with E-state index in [2.05, 4.69) is 15.5 Å². The molecule has 0 atom stereocenters. The van der Waals surface area contributed by atoms with Gasteiger partial charge in [0, 0.05) is 29.4 Å². The Morgan fingerprint density at radius 1 is 0.970 bits per heavy atom. The van der Waals surface area contributed by atoms with Gasteiger partial charge in [-0.2, -0.15) is 0 Å². The number of nitrogens with zero attached hydrogens (tertiary/aromatic N) is 3. The zero-order chi connectivity index (χ0) is 23.2. The van der Waals surface area contributed by atoms with Crippen LogP contribution in [-0.4, -0.2) is 39.3 Å². The van der Waals surface area contributed by atoms with E-state index in [9.17, 15) is 9.59 Å². The van der Waals surface area contributed by atoms with Crippen molar-refractivity contribution in [3.8, 4) is 22.8 Å². The molecule has 0 fully saturated rings. The highest BCUT2D eigenvalue weighted by Gasteiger charge is 2.18. The van der Waals surface area contributed by atoms with Gasteiger partial charge < -0.3 is 10.1 Å². The molecule has 0 bridgehead atoms. The number of nitrogens with one attached hydrogen (secondary N) is 1. The predicted octanol–water partition coefficient (Wildman–Crippen LogP) is 4.88. The summed E-state index contributed by atoms with van der Waals surface area (Å²) in [5, 5.41) is 12.1. The normalized spacial score (nSPS) is 10.6. The first-order chi connectivity index (χ1) is 16.0. The van der Waals surface area contributed by atoms with Crippen molar-refractivity contribution in [1.82, 2.24) is 14.8 Å². The molecule has 0 aliphatic carbocycles. The van der Waals surface area contributed by atoms with Crippen molar-refractivity contribution in [2.75, 3.05) is 18.2 Å². The van der Waals surface area contributed by atoms with Crippen LogP contribution in [0.1, 0.15) is 17.3 Å². The number of aromatic nitrogens is 3. The molecule has 1 aromatic heterocycles. The maximum absolute atomic E-state index is 12.8. The Balaban J connectivity index is 1.59. The van der Waals surface area contributed by atoms with Crippen LogP contribution in [0.3, 0.4) is 0 Å². The quantitative estimate of drug-likeness (QED) is 0.299. The number of anilines is 1. The number of hydrogen-bond acceptors (Lipinski definition) is 6. The summed E-state index contributed by atoms with van der Waals surface area (Å²) in [5.74, 6) is 1.39. The molecule has 1 amide bonds. The van der Waals surface area contributed by atoms with Crippen LogP contribution in [0.5, 0.6) is 5.75 Å². The average Bonchev–Trinajstić information content (AvgIpc) is 3.27. The SMILES string of the molecule is COc1cccc(-c2nnc(SCC(=O)c3ccc(NC(C)=O)cc3)n2-c2ccccc2)c1. The lowest BCUT2D eigenvalue weighted by atomic mass is 10.1. The van der Waals surface area contributed by atoms with Gasteiger partial charge in [0.15, 0.2) is 16.8 Å². The van der Waals surface area contributed by atoms with Crippen molar-refractivity contribution in [1.29, 1.82) is 0 Å². The highest BCUT2D eigenvalue weighted by atomic mass is 32.2. The van der Waals surface area contributed by atoms with Crippen LogP contribution in [-0.2, 0) is 4.79 Å². The second-order valence-electron chi connectivity index (χ2n) is 7.18. The molecular weight excluding hydrogens is 436 g/mol. The number of rotatable bonds is 8. The minimum atomic E-state index is -0.156. The van der Waals surface area contributed by atoms with E-state index in [1.54, 1.807) is 31.4 Å². The Morgan fingerprint density at radius 3 is 2.42 bits per heavy atom. The second-order valence-corrected chi connectivity index (χ2v) is 8.12. The standard InChI is InChI=1S/C25H22N4O3S/c1-17(30)26-20-13-11-18(12-14-20)23(31)16-33-25-28-27-24(19-7-6-10-22(15-19)32-2)29(25)21-8-4-3-5-9-21/h3-15H,16H2,1-2H3,(H,26,30). The van der Waals surface area contributed by atoms with Gasteiger partial charge in [0.1, 0.15) is 5.75 Å². The summed E-state index contributed by atoms with van der Waals surface area (Å²) in [6.45, 7) is 1.44. The topological polar surface area (TPSA) is 86.1 Å². The smallest absolute Gasteiger partial charge is 0.221 e. The van der Waals surface area contributed by atoms with E-state index in [-0.39, 0.29) is 17.4 Å². The fraction of sp³-hybridized carbons (Fsp3) is 0.120. The monoisotopic (exact) mass is 458 g/mol. The van der Waals surface area contributed by atoms with Gasteiger partial charge in [0.25, 0.3) is 0 Å². The van der Waals surface area contributed by atoms with Crippen LogP contribution in [0.15, 0.2) is 84.0 Å². The first kappa shape index (κ1) is 22.3. The van der Waals surface area contributed by atoms with Gasteiger partial charge in [-0.15, -0.1) is 10.2 Å². The Morgan fingerprint density at radius 2 is 1.73 bits per heavy atom. The van der Waals surface area contributed by atoms with Crippen molar-refractivity contribution in [2.45, 2.75) is 12.1 Å². The molecule has 0 saturated carbocycles. The van der Waals surface area contributed by atoms with Crippen molar-refractivity contribution in [3.05, 3.63) is 84.4 Å². The summed E-state index contributed by atoms with van der Waals surface area (Å²) in [4.78, 5) is 24.0. The third-order valence-electron chi connectivity index (χ3n) is 4.84. The minimum absolute atomic E-state index is 0.0417. The molecular formula is C25H22N4O3S. The fourth-order valence-corrected chi connectivity index (χ4v) is 4.12. The summed E-state index contributed by atoms with van der Waals surface area (Å²) < 4.78 is 7.29. The summed E-state index contributed by atoms with van der Waals surface area (Å²) >= 11 is 1.32. The molecule has 4 aromatic rings. The van der Waals surface area contributed by atoms with E-state index in [4.69, 9.17) is 4.74 Å². The van der Waals surface area contributed by atoms with E-state index in [1.807, 2.05) is 59.2 Å². The maximum Gasteiger partial charge on any atom is 0.221 e. The molecule has 1 N–H and O–H groups in total. The first-order valence-electron chi connectivity index (χ1n) is 10.2. The van der Waals surface area contributed by atoms with Crippen molar-refractivity contribution in [2.24, 2.45) is 0 Å². The van der Waals surface area contributed by atoms with Crippen LogP contribution >= 0.6 is 11.8 Å². The number of thioether (sulfide) groups is 1. The van der Waals surface area contributed by atoms with Gasteiger partial charge in [-0.1, -0.05) is 42.1 Å². The van der Waals surface area contributed by atoms with E-state index in [0.717, 1.165) is 17.0 Å². The van der Waals surface area contributed by atoms with Gasteiger partial charge in [-0.25, -0.2) is 0 Å². The number of methoxy groups -OCH3 is 1. The van der Waals surface area contributed by atoms with E-state index < -0.39 is 0 Å². The molecule has 166 valence electrons. The molecule has 7 nitrogen and oxygen atoms in total. The van der Waals surface area contributed by atoms with Crippen LogP contribution in [0.25, 0.3) is 17.1 Å². The summed E-state index contributed by atoms with van der Waals surface area (Å²) in [6, 6.07) is 24.2. The minimum Gasteiger partial charge on any atom is -0.497 e. The lowest BCUT2D eigenvalue weighted by Gasteiger charge is -2.11. The molecule has 33 heavy (non-hydrogen) atoms. The number of hydrogen-bond donors (Lipinski definition) is 1. The molecule has 0 unspecified atom stereocenters. The van der Waals surface area contributed by atoms with E-state index in [1.165, 1.54) is 18.7 Å². The molecule has 1 heterocycles. The number of carbonyl (C=O) groups excluding carboxylic acids is 2. The largest absolute Gasteiger partial charge is 0.497 e. The number of ether oxygens (including phenoxy) is 1. The van der Waals surface area contributed by atoms with Crippen LogP contribution < -0.4 is 10.1 Å². The molecule has 0 aliphatic rings. The summed E-state index contributed by atoms with van der Waals surface area (Å²) in [7, 11) is 1.62. The van der Waals surface area contributed by atoms with Gasteiger partial charge >= 0.3 is 0 Å². The van der Waals surface area contributed by atoms with Gasteiger partial charge in [-0.05, 0) is 48.5 Å². The zero-order valence-corrected chi connectivity index (χ0v) is 19.0. The maximum atomic E-state index is 12.8. The second kappa shape index (κ2) is 10.1. The Bertz CT molecular complexity index is 1270. The van der Waals surface area contributed by atoms with Gasteiger partial charge in [-0.3, -0.25) is 14.2 Å². The lowest BCUT2D eigenvalue weighted by Crippen LogP contribution is -2.07. The number of carbonyl (C=O) groups is 2. The molecule has 0 aliphatic heterocycles. The average molecular weight is 459 g/mol. The van der Waals surface area contributed by atoms with Crippen LogP contribution in [0.4, 0.5) is 5.69 Å². The summed E-state index contributed by atoms with van der Waals surface area (Å²) in [5.41, 5.74) is 2.97. The van der Waals surface area contributed by atoms with Crippen molar-refractivity contribution >= 4 is 29.1 Å². The number of amides is 1. The third-order valence-corrected chi connectivity index (χ3v) is 5.76. The van der Waals surface area contributed by atoms with E-state index in [0.29, 0.717) is 22.2 Å². The molecule has 8 heteroatoms. The highest BCUT2D eigenvalue weighted by molar-refractivity contribution is 7.99. The van der Waals surface area contributed by atoms with Crippen molar-refractivity contribution in [3.63, 3.8) is 0 Å². The first-order valence-corrected chi connectivity index (χ1v) is 11.2. The fourth-order valence-electron chi connectivity index (χ4n) is 3.28. The zero-order valence-electron chi connectivity index (χ0n) is 18.2. The van der Waals surface area contributed by atoms with E-state index >= 15 is 0 Å². The molecule has 0 saturated heterocycles. The molecule has 3 aromatic carbocycles. The number of benzene rings is 3.